The summed E-state index contributed by atoms with van der Waals surface area (Å²) in [5.74, 6) is 0.704. The lowest BCUT2D eigenvalue weighted by atomic mass is 9.74. The van der Waals surface area contributed by atoms with E-state index in [2.05, 4.69) is 171 Å². The Labute approximate surface area is 331 Å². The SMILES string of the molecule is CC1(c2ccccc2)c2ccccc2-c2ccc(-c3cc(-c4ccc(-c5cccc(-c6cccc7oc8ccccc8c67)c5)cc4)nc(-c4ccccc4)n3)cc21. The van der Waals surface area contributed by atoms with Crippen molar-refractivity contribution < 1.29 is 4.42 Å². The number of fused-ring (bicyclic) bond motifs is 6. The summed E-state index contributed by atoms with van der Waals surface area (Å²) in [6, 6.07) is 71.1. The van der Waals surface area contributed by atoms with E-state index in [4.69, 9.17) is 14.4 Å². The van der Waals surface area contributed by atoms with Gasteiger partial charge in [0.1, 0.15) is 11.2 Å². The molecule has 1 aliphatic rings. The van der Waals surface area contributed by atoms with Crippen molar-refractivity contribution in [1.82, 2.24) is 9.97 Å². The van der Waals surface area contributed by atoms with E-state index in [1.54, 1.807) is 0 Å². The molecular weight excluding hydrogens is 693 g/mol. The van der Waals surface area contributed by atoms with Gasteiger partial charge in [-0.1, -0.05) is 170 Å². The van der Waals surface area contributed by atoms with Gasteiger partial charge in [-0.3, -0.25) is 0 Å². The fraction of sp³-hybridized carbons (Fsp3) is 0.0370. The number of para-hydroxylation sites is 1. The predicted octanol–water partition coefficient (Wildman–Crippen LogP) is 14.0. The van der Waals surface area contributed by atoms with Gasteiger partial charge in [0, 0.05) is 32.9 Å². The summed E-state index contributed by atoms with van der Waals surface area (Å²) < 4.78 is 6.21. The van der Waals surface area contributed by atoms with E-state index >= 15 is 0 Å². The highest BCUT2D eigenvalue weighted by Gasteiger charge is 2.40. The molecule has 1 aliphatic carbocycles. The Hall–Kier alpha value is -7.36. The first-order valence-corrected chi connectivity index (χ1v) is 19.5. The third-order valence-corrected chi connectivity index (χ3v) is 11.8. The minimum absolute atomic E-state index is 0.298. The number of benzene rings is 8. The largest absolute Gasteiger partial charge is 0.456 e. The number of furan rings is 1. The second-order valence-electron chi connectivity index (χ2n) is 15.1. The van der Waals surface area contributed by atoms with E-state index in [1.165, 1.54) is 27.8 Å². The molecule has 3 nitrogen and oxygen atoms in total. The van der Waals surface area contributed by atoms with Crippen LogP contribution in [0, 0.1) is 0 Å². The van der Waals surface area contributed by atoms with Crippen molar-refractivity contribution in [1.29, 1.82) is 0 Å². The summed E-state index contributed by atoms with van der Waals surface area (Å²) in [6.45, 7) is 2.36. The molecule has 0 spiro atoms. The molecule has 3 heteroatoms. The van der Waals surface area contributed by atoms with Crippen molar-refractivity contribution in [2.45, 2.75) is 12.3 Å². The average molecular weight is 729 g/mol. The maximum Gasteiger partial charge on any atom is 0.160 e. The number of rotatable bonds is 6. The second kappa shape index (κ2) is 13.1. The van der Waals surface area contributed by atoms with Crippen molar-refractivity contribution in [3.63, 3.8) is 0 Å². The topological polar surface area (TPSA) is 38.9 Å². The second-order valence-corrected chi connectivity index (χ2v) is 15.1. The van der Waals surface area contributed by atoms with E-state index in [0.29, 0.717) is 5.82 Å². The van der Waals surface area contributed by atoms with Crippen LogP contribution in [-0.4, -0.2) is 9.97 Å². The fourth-order valence-electron chi connectivity index (χ4n) is 8.91. The molecular formula is C54H36N2O. The van der Waals surface area contributed by atoms with Crippen molar-refractivity contribution in [3.8, 4) is 67.3 Å². The molecule has 0 radical (unpaired) electrons. The molecule has 57 heavy (non-hydrogen) atoms. The van der Waals surface area contributed by atoms with E-state index in [0.717, 1.165) is 72.3 Å². The molecule has 0 bridgehead atoms. The molecule has 1 atom stereocenters. The zero-order valence-electron chi connectivity index (χ0n) is 31.4. The van der Waals surface area contributed by atoms with Crippen LogP contribution >= 0.6 is 0 Å². The van der Waals surface area contributed by atoms with Gasteiger partial charge in [-0.05, 0) is 87.3 Å². The summed E-state index contributed by atoms with van der Waals surface area (Å²) >= 11 is 0. The smallest absolute Gasteiger partial charge is 0.160 e. The molecule has 0 N–H and O–H groups in total. The molecule has 8 aromatic carbocycles. The van der Waals surface area contributed by atoms with Crippen LogP contribution in [0.5, 0.6) is 0 Å². The first kappa shape index (κ1) is 33.0. The van der Waals surface area contributed by atoms with Crippen molar-refractivity contribution >= 4 is 21.9 Å². The van der Waals surface area contributed by atoms with Gasteiger partial charge in [-0.2, -0.15) is 0 Å². The van der Waals surface area contributed by atoms with Gasteiger partial charge in [0.25, 0.3) is 0 Å². The zero-order chi connectivity index (χ0) is 37.9. The van der Waals surface area contributed by atoms with E-state index in [1.807, 2.05) is 36.4 Å². The number of nitrogens with zero attached hydrogens (tertiary/aromatic N) is 2. The van der Waals surface area contributed by atoms with E-state index in [-0.39, 0.29) is 5.41 Å². The Kier molecular flexibility index (Phi) is 7.61. The summed E-state index contributed by atoms with van der Waals surface area (Å²) in [5, 5.41) is 2.28. The molecule has 10 aromatic rings. The molecule has 11 rings (SSSR count). The Bertz CT molecular complexity index is 3130. The van der Waals surface area contributed by atoms with Crippen LogP contribution in [-0.2, 0) is 5.41 Å². The molecule has 0 amide bonds. The standard InChI is InChI=1S/C54H36N2O/c1-54(41-18-6-3-7-19-41)46-23-10-8-20-43(46)44-31-30-40(33-47(44)54)49-34-48(55-53(56-49)37-14-4-2-5-15-37)36-28-26-35(27-29-36)38-16-12-17-39(32-38)42-22-13-25-51-52(42)45-21-9-11-24-50(45)57-51/h2-34H,1H3. The summed E-state index contributed by atoms with van der Waals surface area (Å²) in [7, 11) is 0. The molecule has 2 aromatic heterocycles. The Balaban J connectivity index is 0.994. The lowest BCUT2D eigenvalue weighted by molar-refractivity contribution is 0.669. The third-order valence-electron chi connectivity index (χ3n) is 11.8. The minimum Gasteiger partial charge on any atom is -0.456 e. The molecule has 0 aliphatic heterocycles. The van der Waals surface area contributed by atoms with Crippen molar-refractivity contribution in [2.75, 3.05) is 0 Å². The molecule has 0 saturated carbocycles. The maximum absolute atomic E-state index is 6.21. The molecule has 1 unspecified atom stereocenters. The molecule has 268 valence electrons. The monoisotopic (exact) mass is 728 g/mol. The van der Waals surface area contributed by atoms with Gasteiger partial charge in [-0.15, -0.1) is 0 Å². The van der Waals surface area contributed by atoms with Crippen LogP contribution < -0.4 is 0 Å². The number of aromatic nitrogens is 2. The Morgan fingerprint density at radius 2 is 0.982 bits per heavy atom. The van der Waals surface area contributed by atoms with Gasteiger partial charge in [-0.25, -0.2) is 9.97 Å². The van der Waals surface area contributed by atoms with Gasteiger partial charge in [0.2, 0.25) is 0 Å². The van der Waals surface area contributed by atoms with Gasteiger partial charge < -0.3 is 4.42 Å². The highest BCUT2D eigenvalue weighted by Crippen LogP contribution is 2.53. The van der Waals surface area contributed by atoms with Crippen LogP contribution in [0.3, 0.4) is 0 Å². The van der Waals surface area contributed by atoms with Gasteiger partial charge >= 0.3 is 0 Å². The van der Waals surface area contributed by atoms with E-state index < -0.39 is 0 Å². The lowest BCUT2D eigenvalue weighted by Gasteiger charge is -2.28. The zero-order valence-corrected chi connectivity index (χ0v) is 31.4. The van der Waals surface area contributed by atoms with Crippen LogP contribution in [0.1, 0.15) is 23.6 Å². The third kappa shape index (κ3) is 5.43. The number of hydrogen-bond donors (Lipinski definition) is 0. The maximum atomic E-state index is 6.21. The predicted molar refractivity (Wildman–Crippen MR) is 234 cm³/mol. The molecule has 2 heterocycles. The Morgan fingerprint density at radius 1 is 0.386 bits per heavy atom. The quantitative estimate of drug-likeness (QED) is 0.171. The van der Waals surface area contributed by atoms with Crippen LogP contribution in [0.2, 0.25) is 0 Å². The van der Waals surface area contributed by atoms with Gasteiger partial charge in [0.15, 0.2) is 5.82 Å². The lowest BCUT2D eigenvalue weighted by Crippen LogP contribution is -2.22. The first-order valence-electron chi connectivity index (χ1n) is 19.5. The van der Waals surface area contributed by atoms with Gasteiger partial charge in [0.05, 0.1) is 11.4 Å². The average Bonchev–Trinajstić information content (AvgIpc) is 3.80. The number of hydrogen-bond acceptors (Lipinski definition) is 3. The van der Waals surface area contributed by atoms with E-state index in [9.17, 15) is 0 Å². The first-order chi connectivity index (χ1) is 28.1. The van der Waals surface area contributed by atoms with Crippen molar-refractivity contribution in [3.05, 3.63) is 217 Å². The fourth-order valence-corrected chi connectivity index (χ4v) is 8.91. The normalized spacial score (nSPS) is 14.5. The van der Waals surface area contributed by atoms with Crippen LogP contribution in [0.25, 0.3) is 89.2 Å². The van der Waals surface area contributed by atoms with Crippen LogP contribution in [0.4, 0.5) is 0 Å². The van der Waals surface area contributed by atoms with Crippen molar-refractivity contribution in [2.24, 2.45) is 0 Å². The molecule has 0 saturated heterocycles. The highest BCUT2D eigenvalue weighted by atomic mass is 16.3. The summed E-state index contributed by atoms with van der Waals surface area (Å²) in [4.78, 5) is 10.4. The summed E-state index contributed by atoms with van der Waals surface area (Å²) in [6.07, 6.45) is 0. The minimum atomic E-state index is -0.298. The molecule has 0 fully saturated rings. The highest BCUT2D eigenvalue weighted by molar-refractivity contribution is 6.12. The Morgan fingerprint density at radius 3 is 1.82 bits per heavy atom. The summed E-state index contributed by atoms with van der Waals surface area (Å²) in [5.41, 5.74) is 17.4. The van der Waals surface area contributed by atoms with Crippen LogP contribution in [0.15, 0.2) is 205 Å².